The molecule has 0 aromatic heterocycles. The summed E-state index contributed by atoms with van der Waals surface area (Å²) in [5.74, 6) is -3.72. The second-order valence-electron chi connectivity index (χ2n) is 7.40. The number of hydrogen-bond acceptors (Lipinski definition) is 3. The van der Waals surface area contributed by atoms with Crippen molar-refractivity contribution in [2.24, 2.45) is 22.7 Å². The van der Waals surface area contributed by atoms with E-state index in [0.29, 0.717) is 25.2 Å². The van der Waals surface area contributed by atoms with Gasteiger partial charge in [-0.15, -0.1) is 0 Å². The molecule has 106 valence electrons. The van der Waals surface area contributed by atoms with Gasteiger partial charge in [0.2, 0.25) is 0 Å². The number of carbonyl (C=O) groups is 1. The molecule has 4 saturated carbocycles. The van der Waals surface area contributed by atoms with Crippen molar-refractivity contribution < 1.29 is 23.4 Å². The SMILES string of the molecule is CC(F)(F)C(=O)OCC12CC3CC4CC(O)(C1)CC432. The van der Waals surface area contributed by atoms with Crippen LogP contribution in [-0.4, -0.2) is 29.2 Å². The molecule has 0 aromatic rings. The molecule has 4 fully saturated rings. The Bertz CT molecular complexity index is 474. The maximum Gasteiger partial charge on any atom is 0.376 e. The number of aliphatic hydroxyl groups is 1. The third kappa shape index (κ3) is 1.19. The monoisotopic (exact) mass is 272 g/mol. The van der Waals surface area contributed by atoms with Crippen LogP contribution in [0.5, 0.6) is 0 Å². The van der Waals surface area contributed by atoms with Gasteiger partial charge in [-0.1, -0.05) is 0 Å². The minimum absolute atomic E-state index is 0.0601. The van der Waals surface area contributed by atoms with Crippen molar-refractivity contribution in [1.29, 1.82) is 0 Å². The molecule has 0 aliphatic heterocycles. The summed E-state index contributed by atoms with van der Waals surface area (Å²) in [6.07, 6.45) is 4.34. The van der Waals surface area contributed by atoms with Gasteiger partial charge in [-0.05, 0) is 49.4 Å². The van der Waals surface area contributed by atoms with Crippen LogP contribution in [0.25, 0.3) is 0 Å². The molecule has 1 N–H and O–H groups in total. The summed E-state index contributed by atoms with van der Waals surface area (Å²) in [5, 5.41) is 10.5. The van der Waals surface area contributed by atoms with Gasteiger partial charge in [-0.25, -0.2) is 4.79 Å². The highest BCUT2D eigenvalue weighted by Crippen LogP contribution is 2.87. The van der Waals surface area contributed by atoms with E-state index in [1.54, 1.807) is 0 Å². The fourth-order valence-corrected chi connectivity index (χ4v) is 5.99. The number of rotatable bonds is 3. The maximum atomic E-state index is 12.9. The summed E-state index contributed by atoms with van der Waals surface area (Å²) in [5.41, 5.74) is -0.739. The zero-order valence-corrected chi connectivity index (χ0v) is 10.9. The Balaban J connectivity index is 1.53. The molecule has 4 aliphatic carbocycles. The third-order valence-electron chi connectivity index (χ3n) is 6.40. The van der Waals surface area contributed by atoms with Gasteiger partial charge in [-0.3, -0.25) is 0 Å². The summed E-state index contributed by atoms with van der Waals surface area (Å²) in [6.45, 7) is 0.625. The fraction of sp³-hybridized carbons (Fsp3) is 0.929. The van der Waals surface area contributed by atoms with Crippen molar-refractivity contribution in [3.8, 4) is 0 Å². The van der Waals surface area contributed by atoms with Crippen LogP contribution in [0.1, 0.15) is 39.0 Å². The smallest absolute Gasteiger partial charge is 0.376 e. The van der Waals surface area contributed by atoms with Crippen molar-refractivity contribution in [1.82, 2.24) is 0 Å². The van der Waals surface area contributed by atoms with Crippen LogP contribution in [-0.2, 0) is 9.53 Å². The van der Waals surface area contributed by atoms with Crippen molar-refractivity contribution in [2.75, 3.05) is 6.61 Å². The summed E-state index contributed by atoms with van der Waals surface area (Å²) in [4.78, 5) is 11.2. The Morgan fingerprint density at radius 2 is 2.05 bits per heavy atom. The molecule has 2 bridgehead atoms. The minimum atomic E-state index is -3.43. The Kier molecular flexibility index (Phi) is 1.89. The van der Waals surface area contributed by atoms with Gasteiger partial charge in [0.25, 0.3) is 0 Å². The summed E-state index contributed by atoms with van der Waals surface area (Å²) in [6, 6.07) is 0. The first-order chi connectivity index (χ1) is 8.71. The van der Waals surface area contributed by atoms with E-state index in [2.05, 4.69) is 0 Å². The van der Waals surface area contributed by atoms with Gasteiger partial charge in [0, 0.05) is 12.3 Å². The Morgan fingerprint density at radius 3 is 2.63 bits per heavy atom. The standard InChI is InChI=1S/C14H18F2O3/c1-11(15,16)10(17)19-7-12-3-8-2-9-4-13(18,5-12)6-14(8,9)12/h8-9,18H,2-7H2,1H3. The van der Waals surface area contributed by atoms with Crippen molar-refractivity contribution in [2.45, 2.75) is 50.6 Å². The topological polar surface area (TPSA) is 46.5 Å². The average Bonchev–Trinajstić information content (AvgIpc) is 2.67. The van der Waals surface area contributed by atoms with Crippen LogP contribution in [0.2, 0.25) is 0 Å². The molecule has 5 heteroatoms. The first-order valence-corrected chi connectivity index (χ1v) is 6.98. The van der Waals surface area contributed by atoms with Crippen LogP contribution in [0.3, 0.4) is 0 Å². The Hall–Kier alpha value is -0.710. The van der Waals surface area contributed by atoms with E-state index in [1.165, 1.54) is 0 Å². The average molecular weight is 272 g/mol. The second-order valence-corrected chi connectivity index (χ2v) is 7.40. The fourth-order valence-electron chi connectivity index (χ4n) is 5.99. The molecule has 4 rings (SSSR count). The summed E-state index contributed by atoms with van der Waals surface area (Å²) < 4.78 is 30.6. The normalized spacial score (nSPS) is 53.3. The molecule has 5 unspecified atom stereocenters. The lowest BCUT2D eigenvalue weighted by Gasteiger charge is -2.72. The van der Waals surface area contributed by atoms with Crippen molar-refractivity contribution >= 4 is 5.97 Å². The molecule has 4 aliphatic rings. The first-order valence-electron chi connectivity index (χ1n) is 6.98. The number of carbonyl (C=O) groups excluding carboxylic acids is 1. The predicted molar refractivity (Wildman–Crippen MR) is 61.5 cm³/mol. The first kappa shape index (κ1) is 12.1. The molecule has 19 heavy (non-hydrogen) atoms. The molecule has 0 heterocycles. The van der Waals surface area contributed by atoms with Crippen LogP contribution >= 0.6 is 0 Å². The molecule has 5 atom stereocenters. The lowest BCUT2D eigenvalue weighted by atomic mass is 9.32. The molecule has 0 amide bonds. The van der Waals surface area contributed by atoms with E-state index < -0.39 is 17.5 Å². The van der Waals surface area contributed by atoms with E-state index in [-0.39, 0.29) is 17.4 Å². The Morgan fingerprint density at radius 1 is 1.37 bits per heavy atom. The van der Waals surface area contributed by atoms with Gasteiger partial charge < -0.3 is 9.84 Å². The molecule has 3 nitrogen and oxygen atoms in total. The lowest BCUT2D eigenvalue weighted by Crippen LogP contribution is -2.68. The Labute approximate surface area is 110 Å². The van der Waals surface area contributed by atoms with Crippen LogP contribution in [0.15, 0.2) is 0 Å². The molecule has 0 radical (unpaired) electrons. The van der Waals surface area contributed by atoms with E-state index in [9.17, 15) is 18.7 Å². The van der Waals surface area contributed by atoms with E-state index in [4.69, 9.17) is 4.74 Å². The lowest BCUT2D eigenvalue weighted by molar-refractivity contribution is -0.267. The number of halogens is 2. The maximum absolute atomic E-state index is 12.9. The highest BCUT2D eigenvalue weighted by molar-refractivity contribution is 5.77. The summed E-state index contributed by atoms with van der Waals surface area (Å²) in [7, 11) is 0. The van der Waals surface area contributed by atoms with Crippen molar-refractivity contribution in [3.05, 3.63) is 0 Å². The van der Waals surface area contributed by atoms with Gasteiger partial charge in [0.1, 0.15) is 0 Å². The molecular formula is C14H18F2O3. The van der Waals surface area contributed by atoms with Crippen molar-refractivity contribution in [3.63, 3.8) is 0 Å². The number of alkyl halides is 2. The largest absolute Gasteiger partial charge is 0.461 e. The van der Waals surface area contributed by atoms with E-state index in [1.807, 2.05) is 0 Å². The molecule has 1 spiro atoms. The van der Waals surface area contributed by atoms with E-state index >= 15 is 0 Å². The number of esters is 1. The van der Waals surface area contributed by atoms with Crippen LogP contribution < -0.4 is 0 Å². The third-order valence-corrected chi connectivity index (χ3v) is 6.40. The predicted octanol–water partition coefficient (Wildman–Crippen LogP) is 2.13. The highest BCUT2D eigenvalue weighted by atomic mass is 19.3. The highest BCUT2D eigenvalue weighted by Gasteiger charge is 2.84. The number of hydrogen-bond donors (Lipinski definition) is 1. The molecule has 0 saturated heterocycles. The zero-order valence-electron chi connectivity index (χ0n) is 10.9. The van der Waals surface area contributed by atoms with E-state index in [0.717, 1.165) is 25.7 Å². The second kappa shape index (κ2) is 2.97. The number of fused-ring (bicyclic) bond motifs is 1. The van der Waals surface area contributed by atoms with Gasteiger partial charge >= 0.3 is 11.9 Å². The quantitative estimate of drug-likeness (QED) is 0.801. The van der Waals surface area contributed by atoms with Gasteiger partial charge in [0.15, 0.2) is 0 Å². The van der Waals surface area contributed by atoms with Gasteiger partial charge in [-0.2, -0.15) is 8.78 Å². The zero-order chi connectivity index (χ0) is 13.7. The van der Waals surface area contributed by atoms with Crippen LogP contribution in [0.4, 0.5) is 8.78 Å². The summed E-state index contributed by atoms with van der Waals surface area (Å²) >= 11 is 0. The molecular weight excluding hydrogens is 254 g/mol. The van der Waals surface area contributed by atoms with Gasteiger partial charge in [0.05, 0.1) is 12.2 Å². The molecule has 0 aromatic carbocycles. The van der Waals surface area contributed by atoms with Crippen LogP contribution in [0, 0.1) is 22.7 Å². The minimum Gasteiger partial charge on any atom is -0.461 e. The number of ether oxygens (including phenoxy) is 1.